The molecule has 1 aliphatic heterocycles. The van der Waals surface area contributed by atoms with Gasteiger partial charge in [0.1, 0.15) is 0 Å². The molecular formula is C21H26ClN3O. The van der Waals surface area contributed by atoms with Crippen LogP contribution in [-0.2, 0) is 11.2 Å². The van der Waals surface area contributed by atoms with E-state index < -0.39 is 0 Å². The number of nitrogens with one attached hydrogen (secondary N) is 1. The van der Waals surface area contributed by atoms with Crippen LogP contribution in [-0.4, -0.2) is 49.6 Å². The van der Waals surface area contributed by atoms with Crippen LogP contribution >= 0.6 is 11.6 Å². The van der Waals surface area contributed by atoms with E-state index in [0.717, 1.165) is 43.3 Å². The van der Waals surface area contributed by atoms with Crippen molar-refractivity contribution in [3.8, 4) is 0 Å². The van der Waals surface area contributed by atoms with Gasteiger partial charge >= 0.3 is 0 Å². The minimum atomic E-state index is -0.112. The largest absolute Gasteiger partial charge is 0.368 e. The zero-order valence-corrected chi connectivity index (χ0v) is 16.0. The molecule has 26 heavy (non-hydrogen) atoms. The molecule has 1 saturated heterocycles. The number of rotatable bonds is 6. The Morgan fingerprint density at radius 1 is 1.04 bits per heavy atom. The first-order chi connectivity index (χ1) is 12.6. The van der Waals surface area contributed by atoms with Gasteiger partial charge in [-0.3, -0.25) is 9.69 Å². The fraction of sp³-hybridized carbons (Fsp3) is 0.381. The van der Waals surface area contributed by atoms with E-state index in [0.29, 0.717) is 6.54 Å². The van der Waals surface area contributed by atoms with Crippen molar-refractivity contribution in [2.24, 2.45) is 0 Å². The van der Waals surface area contributed by atoms with Crippen molar-refractivity contribution in [1.29, 1.82) is 0 Å². The molecule has 0 bridgehead atoms. The monoisotopic (exact) mass is 371 g/mol. The SMILES string of the molecule is C[C@@H](C(=O)NCCc1ccccc1)N1CCN(c2ccccc2Cl)CC1. The fourth-order valence-electron chi connectivity index (χ4n) is 3.35. The molecule has 0 saturated carbocycles. The Hall–Kier alpha value is -2.04. The summed E-state index contributed by atoms with van der Waals surface area (Å²) in [6.07, 6.45) is 0.861. The number of hydrogen-bond acceptors (Lipinski definition) is 3. The lowest BCUT2D eigenvalue weighted by molar-refractivity contribution is -0.125. The smallest absolute Gasteiger partial charge is 0.237 e. The number of carbonyl (C=O) groups excluding carboxylic acids is 1. The molecule has 0 radical (unpaired) electrons. The Bertz CT molecular complexity index is 714. The number of nitrogens with zero attached hydrogens (tertiary/aromatic N) is 2. The summed E-state index contributed by atoms with van der Waals surface area (Å²) in [5, 5.41) is 3.85. The van der Waals surface area contributed by atoms with Crippen molar-refractivity contribution in [2.75, 3.05) is 37.6 Å². The van der Waals surface area contributed by atoms with Gasteiger partial charge in [-0.1, -0.05) is 54.1 Å². The lowest BCUT2D eigenvalue weighted by Gasteiger charge is -2.38. The van der Waals surface area contributed by atoms with Crippen LogP contribution in [0.25, 0.3) is 0 Å². The molecule has 2 aromatic rings. The molecule has 0 spiro atoms. The summed E-state index contributed by atoms with van der Waals surface area (Å²) in [5.41, 5.74) is 2.32. The zero-order valence-electron chi connectivity index (χ0n) is 15.2. The maximum atomic E-state index is 12.5. The number of carbonyl (C=O) groups is 1. The molecule has 0 unspecified atom stereocenters. The van der Waals surface area contributed by atoms with E-state index in [2.05, 4.69) is 33.3 Å². The van der Waals surface area contributed by atoms with Gasteiger partial charge in [0, 0.05) is 32.7 Å². The Kier molecular flexibility index (Phi) is 6.53. The molecular weight excluding hydrogens is 346 g/mol. The number of halogens is 1. The summed E-state index contributed by atoms with van der Waals surface area (Å²) in [6.45, 7) is 6.14. The minimum absolute atomic E-state index is 0.104. The first kappa shape index (κ1) is 18.7. The van der Waals surface area contributed by atoms with Crippen LogP contribution in [0.2, 0.25) is 5.02 Å². The number of piperazine rings is 1. The van der Waals surface area contributed by atoms with E-state index in [1.165, 1.54) is 5.56 Å². The van der Waals surface area contributed by atoms with Gasteiger partial charge in [-0.15, -0.1) is 0 Å². The second-order valence-corrected chi connectivity index (χ2v) is 7.08. The highest BCUT2D eigenvalue weighted by molar-refractivity contribution is 6.33. The number of para-hydroxylation sites is 1. The molecule has 0 aromatic heterocycles. The van der Waals surface area contributed by atoms with Crippen molar-refractivity contribution in [3.63, 3.8) is 0 Å². The molecule has 1 N–H and O–H groups in total. The molecule has 3 rings (SSSR count). The molecule has 1 atom stereocenters. The molecule has 138 valence electrons. The Labute approximate surface area is 160 Å². The summed E-state index contributed by atoms with van der Waals surface area (Å²) < 4.78 is 0. The fourth-order valence-corrected chi connectivity index (χ4v) is 3.60. The van der Waals surface area contributed by atoms with Crippen LogP contribution in [0.5, 0.6) is 0 Å². The van der Waals surface area contributed by atoms with Gasteiger partial charge in [0.05, 0.1) is 16.8 Å². The number of hydrogen-bond donors (Lipinski definition) is 1. The van der Waals surface area contributed by atoms with Gasteiger partial charge in [0.2, 0.25) is 5.91 Å². The average molecular weight is 372 g/mol. The second kappa shape index (κ2) is 9.06. The minimum Gasteiger partial charge on any atom is -0.368 e. The predicted molar refractivity (Wildman–Crippen MR) is 108 cm³/mol. The normalized spacial score (nSPS) is 16.3. The first-order valence-corrected chi connectivity index (χ1v) is 9.58. The van der Waals surface area contributed by atoms with Crippen LogP contribution in [0.15, 0.2) is 54.6 Å². The topological polar surface area (TPSA) is 35.6 Å². The summed E-state index contributed by atoms with van der Waals surface area (Å²) in [7, 11) is 0. The first-order valence-electron chi connectivity index (χ1n) is 9.20. The van der Waals surface area contributed by atoms with E-state index >= 15 is 0 Å². The highest BCUT2D eigenvalue weighted by Gasteiger charge is 2.26. The third-order valence-corrected chi connectivity index (χ3v) is 5.31. The summed E-state index contributed by atoms with van der Waals surface area (Å²) in [5.74, 6) is 0.104. The average Bonchev–Trinajstić information content (AvgIpc) is 2.69. The molecule has 1 aliphatic rings. The summed E-state index contributed by atoms with van der Waals surface area (Å²) >= 11 is 6.30. The van der Waals surface area contributed by atoms with Gasteiger partial charge < -0.3 is 10.2 Å². The van der Waals surface area contributed by atoms with Crippen LogP contribution < -0.4 is 10.2 Å². The molecule has 0 aliphatic carbocycles. The molecule has 4 nitrogen and oxygen atoms in total. The van der Waals surface area contributed by atoms with E-state index in [9.17, 15) is 4.79 Å². The Morgan fingerprint density at radius 2 is 1.69 bits per heavy atom. The van der Waals surface area contributed by atoms with Gasteiger partial charge in [-0.25, -0.2) is 0 Å². The van der Waals surface area contributed by atoms with Crippen molar-refractivity contribution in [1.82, 2.24) is 10.2 Å². The van der Waals surface area contributed by atoms with Crippen molar-refractivity contribution in [2.45, 2.75) is 19.4 Å². The van der Waals surface area contributed by atoms with Crippen LogP contribution in [0.3, 0.4) is 0 Å². The van der Waals surface area contributed by atoms with Crippen molar-refractivity contribution < 1.29 is 4.79 Å². The standard InChI is InChI=1S/C21H26ClN3O/c1-17(21(26)23-12-11-18-7-3-2-4-8-18)24-13-15-25(16-14-24)20-10-6-5-9-19(20)22/h2-10,17H,11-16H2,1H3,(H,23,26)/t17-/m0/s1. The van der Waals surface area contributed by atoms with Crippen molar-refractivity contribution >= 4 is 23.2 Å². The molecule has 1 heterocycles. The lowest BCUT2D eigenvalue weighted by Crippen LogP contribution is -2.54. The molecule has 1 amide bonds. The van der Waals surface area contributed by atoms with Crippen LogP contribution in [0.4, 0.5) is 5.69 Å². The van der Waals surface area contributed by atoms with E-state index in [1.807, 2.05) is 43.3 Å². The number of benzene rings is 2. The maximum absolute atomic E-state index is 12.5. The summed E-state index contributed by atoms with van der Waals surface area (Å²) in [6, 6.07) is 18.1. The van der Waals surface area contributed by atoms with E-state index in [1.54, 1.807) is 0 Å². The van der Waals surface area contributed by atoms with Gasteiger partial charge in [0.15, 0.2) is 0 Å². The highest BCUT2D eigenvalue weighted by atomic mass is 35.5. The van der Waals surface area contributed by atoms with Gasteiger partial charge in [-0.2, -0.15) is 0 Å². The van der Waals surface area contributed by atoms with Gasteiger partial charge in [0.25, 0.3) is 0 Å². The molecule has 2 aromatic carbocycles. The second-order valence-electron chi connectivity index (χ2n) is 6.68. The quantitative estimate of drug-likeness (QED) is 0.846. The Morgan fingerprint density at radius 3 is 2.38 bits per heavy atom. The van der Waals surface area contributed by atoms with Crippen molar-refractivity contribution in [3.05, 3.63) is 65.2 Å². The third-order valence-electron chi connectivity index (χ3n) is 4.99. The third kappa shape index (κ3) is 4.77. The highest BCUT2D eigenvalue weighted by Crippen LogP contribution is 2.26. The molecule has 1 fully saturated rings. The zero-order chi connectivity index (χ0) is 18.4. The Balaban J connectivity index is 1.45. The maximum Gasteiger partial charge on any atom is 0.237 e. The lowest BCUT2D eigenvalue weighted by atomic mass is 10.1. The number of anilines is 1. The summed E-state index contributed by atoms with van der Waals surface area (Å²) in [4.78, 5) is 17.0. The number of amides is 1. The van der Waals surface area contributed by atoms with E-state index in [-0.39, 0.29) is 11.9 Å². The van der Waals surface area contributed by atoms with Crippen LogP contribution in [0, 0.1) is 0 Å². The van der Waals surface area contributed by atoms with Gasteiger partial charge in [-0.05, 0) is 31.0 Å². The van der Waals surface area contributed by atoms with E-state index in [4.69, 9.17) is 11.6 Å². The molecule has 5 heteroatoms. The predicted octanol–water partition coefficient (Wildman–Crippen LogP) is 3.21. The van der Waals surface area contributed by atoms with Crippen LogP contribution in [0.1, 0.15) is 12.5 Å².